The summed E-state index contributed by atoms with van der Waals surface area (Å²) in [7, 11) is 0. The van der Waals surface area contributed by atoms with E-state index in [0.717, 1.165) is 24.4 Å². The van der Waals surface area contributed by atoms with Crippen LogP contribution in [0.2, 0.25) is 0 Å². The van der Waals surface area contributed by atoms with E-state index in [2.05, 4.69) is 12.2 Å². The van der Waals surface area contributed by atoms with E-state index in [4.69, 9.17) is 0 Å². The van der Waals surface area contributed by atoms with E-state index in [-0.39, 0.29) is 11.9 Å². The third-order valence-corrected chi connectivity index (χ3v) is 4.02. The molecule has 18 heavy (non-hydrogen) atoms. The number of hydrogen-bond acceptors (Lipinski definition) is 1. The summed E-state index contributed by atoms with van der Waals surface area (Å²) < 4.78 is 13.9. The van der Waals surface area contributed by atoms with Gasteiger partial charge >= 0.3 is 0 Å². The molecule has 1 nitrogen and oxygen atoms in total. The van der Waals surface area contributed by atoms with Crippen LogP contribution in [0.3, 0.4) is 0 Å². The molecule has 0 amide bonds. The van der Waals surface area contributed by atoms with Crippen molar-refractivity contribution in [2.75, 3.05) is 6.54 Å². The molecule has 1 atom stereocenters. The smallest absolute Gasteiger partial charge is 0.127 e. The molecule has 0 bridgehead atoms. The Morgan fingerprint density at radius 1 is 1.22 bits per heavy atom. The Bertz CT molecular complexity index is 358. The monoisotopic (exact) mass is 249 g/mol. The maximum absolute atomic E-state index is 13.9. The van der Waals surface area contributed by atoms with Gasteiger partial charge in [0.05, 0.1) is 0 Å². The molecule has 1 saturated carbocycles. The van der Waals surface area contributed by atoms with E-state index in [1.54, 1.807) is 12.1 Å². The molecule has 1 aliphatic carbocycles. The Hall–Kier alpha value is -0.890. The van der Waals surface area contributed by atoms with Gasteiger partial charge in [-0.2, -0.15) is 0 Å². The Kier molecular flexibility index (Phi) is 5.18. The third kappa shape index (κ3) is 3.55. The first-order chi connectivity index (χ1) is 8.81. The summed E-state index contributed by atoms with van der Waals surface area (Å²) >= 11 is 0. The van der Waals surface area contributed by atoms with Gasteiger partial charge in [-0.05, 0) is 24.9 Å². The minimum Gasteiger partial charge on any atom is -0.310 e. The predicted molar refractivity (Wildman–Crippen MR) is 74.0 cm³/mol. The molecular weight excluding hydrogens is 225 g/mol. The molecule has 2 rings (SSSR count). The van der Waals surface area contributed by atoms with Crippen LogP contribution < -0.4 is 5.32 Å². The quantitative estimate of drug-likeness (QED) is 0.813. The summed E-state index contributed by atoms with van der Waals surface area (Å²) in [5, 5.41) is 3.45. The highest BCUT2D eigenvalue weighted by Gasteiger charge is 2.21. The fourth-order valence-corrected chi connectivity index (χ4v) is 3.08. The van der Waals surface area contributed by atoms with Crippen LogP contribution in [-0.4, -0.2) is 6.54 Å². The Morgan fingerprint density at radius 2 is 1.94 bits per heavy atom. The van der Waals surface area contributed by atoms with Gasteiger partial charge in [-0.1, -0.05) is 57.2 Å². The number of nitrogens with one attached hydrogen (secondary N) is 1. The zero-order chi connectivity index (χ0) is 12.8. The molecule has 1 aromatic rings. The first-order valence-corrected chi connectivity index (χ1v) is 7.29. The van der Waals surface area contributed by atoms with Crippen LogP contribution in [0, 0.1) is 11.7 Å². The first kappa shape index (κ1) is 13.5. The van der Waals surface area contributed by atoms with Gasteiger partial charge in [0.25, 0.3) is 0 Å². The summed E-state index contributed by atoms with van der Waals surface area (Å²) in [4.78, 5) is 0. The second-order valence-electron chi connectivity index (χ2n) is 5.37. The van der Waals surface area contributed by atoms with E-state index in [1.807, 2.05) is 12.1 Å². The van der Waals surface area contributed by atoms with Crippen LogP contribution in [0.25, 0.3) is 0 Å². The fraction of sp³-hybridized carbons (Fsp3) is 0.625. The van der Waals surface area contributed by atoms with Crippen molar-refractivity contribution in [3.63, 3.8) is 0 Å². The van der Waals surface area contributed by atoms with Crippen LogP contribution in [-0.2, 0) is 0 Å². The summed E-state index contributed by atoms with van der Waals surface area (Å²) in [6.45, 7) is 2.99. The number of hydrogen-bond donors (Lipinski definition) is 1. The van der Waals surface area contributed by atoms with Crippen LogP contribution >= 0.6 is 0 Å². The van der Waals surface area contributed by atoms with Crippen molar-refractivity contribution >= 4 is 0 Å². The molecule has 0 radical (unpaired) electrons. The molecule has 2 heteroatoms. The lowest BCUT2D eigenvalue weighted by Gasteiger charge is -2.27. The molecule has 0 spiro atoms. The standard InChI is InChI=1S/C16H24FN/c1-2-18-16(12-13-8-4-3-5-9-13)14-10-6-7-11-15(14)17/h6-7,10-11,13,16,18H,2-5,8-9,12H2,1H3. The van der Waals surface area contributed by atoms with Crippen molar-refractivity contribution in [1.82, 2.24) is 5.32 Å². The zero-order valence-corrected chi connectivity index (χ0v) is 11.3. The molecule has 1 aliphatic rings. The van der Waals surface area contributed by atoms with Gasteiger partial charge in [0.2, 0.25) is 0 Å². The van der Waals surface area contributed by atoms with Crippen molar-refractivity contribution in [3.05, 3.63) is 35.6 Å². The highest BCUT2D eigenvalue weighted by atomic mass is 19.1. The van der Waals surface area contributed by atoms with Crippen molar-refractivity contribution in [2.24, 2.45) is 5.92 Å². The molecule has 0 heterocycles. The average Bonchev–Trinajstić information content (AvgIpc) is 2.40. The Morgan fingerprint density at radius 3 is 2.61 bits per heavy atom. The minimum atomic E-state index is -0.0701. The topological polar surface area (TPSA) is 12.0 Å². The first-order valence-electron chi connectivity index (χ1n) is 7.29. The van der Waals surface area contributed by atoms with Crippen molar-refractivity contribution in [1.29, 1.82) is 0 Å². The molecule has 1 fully saturated rings. The summed E-state index contributed by atoms with van der Waals surface area (Å²) in [5.41, 5.74) is 0.838. The van der Waals surface area contributed by atoms with E-state index in [0.29, 0.717) is 0 Å². The van der Waals surface area contributed by atoms with Gasteiger partial charge < -0.3 is 5.32 Å². The number of benzene rings is 1. The average molecular weight is 249 g/mol. The van der Waals surface area contributed by atoms with Crippen molar-refractivity contribution in [3.8, 4) is 0 Å². The Balaban J connectivity index is 2.05. The van der Waals surface area contributed by atoms with Crippen LogP contribution in [0.1, 0.15) is 57.1 Å². The van der Waals surface area contributed by atoms with Gasteiger partial charge in [0.1, 0.15) is 5.82 Å². The van der Waals surface area contributed by atoms with Crippen LogP contribution in [0.5, 0.6) is 0 Å². The van der Waals surface area contributed by atoms with E-state index in [9.17, 15) is 4.39 Å². The molecular formula is C16H24FN. The molecule has 0 aliphatic heterocycles. The van der Waals surface area contributed by atoms with Gasteiger partial charge in [0.15, 0.2) is 0 Å². The maximum Gasteiger partial charge on any atom is 0.127 e. The highest BCUT2D eigenvalue weighted by Crippen LogP contribution is 2.32. The van der Waals surface area contributed by atoms with Crippen molar-refractivity contribution < 1.29 is 4.39 Å². The van der Waals surface area contributed by atoms with Crippen molar-refractivity contribution in [2.45, 2.75) is 51.5 Å². The Labute approximate surface area is 110 Å². The van der Waals surface area contributed by atoms with Gasteiger partial charge in [-0.15, -0.1) is 0 Å². The molecule has 1 N–H and O–H groups in total. The predicted octanol–water partition coefficient (Wildman–Crippen LogP) is 4.45. The number of rotatable bonds is 5. The second kappa shape index (κ2) is 6.89. The maximum atomic E-state index is 13.9. The normalized spacial score (nSPS) is 18.8. The minimum absolute atomic E-state index is 0.0701. The summed E-state index contributed by atoms with van der Waals surface area (Å²) in [5.74, 6) is 0.696. The molecule has 1 unspecified atom stereocenters. The fourth-order valence-electron chi connectivity index (χ4n) is 3.08. The third-order valence-electron chi connectivity index (χ3n) is 4.02. The highest BCUT2D eigenvalue weighted by molar-refractivity contribution is 5.21. The largest absolute Gasteiger partial charge is 0.310 e. The molecule has 0 saturated heterocycles. The van der Waals surface area contributed by atoms with E-state index in [1.165, 1.54) is 32.1 Å². The van der Waals surface area contributed by atoms with E-state index < -0.39 is 0 Å². The van der Waals surface area contributed by atoms with Gasteiger partial charge in [-0.3, -0.25) is 0 Å². The van der Waals surface area contributed by atoms with Gasteiger partial charge in [0, 0.05) is 11.6 Å². The SMILES string of the molecule is CCNC(CC1CCCCC1)c1ccccc1F. The van der Waals surface area contributed by atoms with E-state index >= 15 is 0 Å². The molecule has 1 aromatic carbocycles. The van der Waals surface area contributed by atoms with Crippen LogP contribution in [0.4, 0.5) is 4.39 Å². The zero-order valence-electron chi connectivity index (χ0n) is 11.3. The number of halogens is 1. The van der Waals surface area contributed by atoms with Gasteiger partial charge in [-0.25, -0.2) is 4.39 Å². The molecule has 100 valence electrons. The lowest BCUT2D eigenvalue weighted by atomic mass is 9.83. The lowest BCUT2D eigenvalue weighted by molar-refractivity contribution is 0.298. The summed E-state index contributed by atoms with van der Waals surface area (Å²) in [6, 6.07) is 7.37. The second-order valence-corrected chi connectivity index (χ2v) is 5.37. The van der Waals surface area contributed by atoms with Crippen LogP contribution in [0.15, 0.2) is 24.3 Å². The molecule has 0 aromatic heterocycles. The lowest BCUT2D eigenvalue weighted by Crippen LogP contribution is -2.25. The summed E-state index contributed by atoms with van der Waals surface area (Å²) in [6.07, 6.45) is 7.78.